The van der Waals surface area contributed by atoms with E-state index >= 15 is 0 Å². The highest BCUT2D eigenvalue weighted by Gasteiger charge is 2.13. The first-order valence-electron chi connectivity index (χ1n) is 3.27. The van der Waals surface area contributed by atoms with Crippen molar-refractivity contribution in [3.05, 3.63) is 28.4 Å². The summed E-state index contributed by atoms with van der Waals surface area (Å²) < 4.78 is 0. The van der Waals surface area contributed by atoms with E-state index in [1.165, 1.54) is 18.3 Å². The fourth-order valence-electron chi connectivity index (χ4n) is 0.757. The fraction of sp³-hybridized carbons (Fsp3) is 0. The first kappa shape index (κ1) is 9.33. The van der Waals surface area contributed by atoms with Crippen molar-refractivity contribution >= 4 is 28.8 Å². The predicted octanol–water partition coefficient (Wildman–Crippen LogP) is 0.645. The van der Waals surface area contributed by atoms with Gasteiger partial charge < -0.3 is 11.1 Å². The van der Waals surface area contributed by atoms with Gasteiger partial charge in [-0.25, -0.2) is 4.98 Å². The van der Waals surface area contributed by atoms with Gasteiger partial charge in [-0.3, -0.25) is 10.1 Å². The topological polar surface area (TPSA) is 94.1 Å². The minimum absolute atomic E-state index is 0.0539. The van der Waals surface area contributed by atoms with Crippen molar-refractivity contribution < 1.29 is 4.92 Å². The molecule has 0 aliphatic rings. The average molecular weight is 198 g/mol. The van der Waals surface area contributed by atoms with E-state index in [2.05, 4.69) is 22.5 Å². The van der Waals surface area contributed by atoms with Crippen LogP contribution in [-0.4, -0.2) is 15.0 Å². The van der Waals surface area contributed by atoms with Crippen LogP contribution in [0.15, 0.2) is 18.3 Å². The summed E-state index contributed by atoms with van der Waals surface area (Å²) in [6.45, 7) is 0. The van der Waals surface area contributed by atoms with Gasteiger partial charge in [-0.2, -0.15) is 0 Å². The lowest BCUT2D eigenvalue weighted by Crippen LogP contribution is -2.20. The molecule has 1 rings (SSSR count). The van der Waals surface area contributed by atoms with Gasteiger partial charge in [0.05, 0.1) is 4.92 Å². The summed E-state index contributed by atoms with van der Waals surface area (Å²) in [7, 11) is 0. The van der Waals surface area contributed by atoms with Crippen LogP contribution < -0.4 is 11.1 Å². The Labute approximate surface area is 78.9 Å². The van der Waals surface area contributed by atoms with E-state index in [0.717, 1.165) is 0 Å². The number of nitrogens with one attached hydrogen (secondary N) is 1. The molecule has 7 heteroatoms. The maximum Gasteiger partial charge on any atom is 0.311 e. The van der Waals surface area contributed by atoms with E-state index in [0.29, 0.717) is 0 Å². The van der Waals surface area contributed by atoms with Crippen molar-refractivity contribution in [2.75, 3.05) is 5.32 Å². The maximum absolute atomic E-state index is 10.4. The number of rotatable bonds is 2. The third kappa shape index (κ3) is 2.34. The largest absolute Gasteiger partial charge is 0.376 e. The van der Waals surface area contributed by atoms with Crippen LogP contribution in [0.3, 0.4) is 0 Å². The van der Waals surface area contributed by atoms with Crippen molar-refractivity contribution in [2.24, 2.45) is 5.73 Å². The number of aromatic nitrogens is 1. The molecule has 0 unspecified atom stereocenters. The number of hydrogen-bond acceptors (Lipinski definition) is 4. The summed E-state index contributed by atoms with van der Waals surface area (Å²) in [5, 5.41) is 12.8. The third-order valence-corrected chi connectivity index (χ3v) is 1.33. The summed E-state index contributed by atoms with van der Waals surface area (Å²) in [5.74, 6) is 0.0556. The second-order valence-corrected chi connectivity index (χ2v) is 2.56. The van der Waals surface area contributed by atoms with Crippen LogP contribution in [-0.2, 0) is 0 Å². The Morgan fingerprint density at radius 1 is 1.77 bits per heavy atom. The van der Waals surface area contributed by atoms with Gasteiger partial charge in [0.25, 0.3) is 0 Å². The summed E-state index contributed by atoms with van der Waals surface area (Å²) in [5.41, 5.74) is 4.99. The van der Waals surface area contributed by atoms with Crippen LogP contribution in [0.25, 0.3) is 0 Å². The summed E-state index contributed by atoms with van der Waals surface area (Å²) in [6.07, 6.45) is 1.41. The lowest BCUT2D eigenvalue weighted by molar-refractivity contribution is -0.384. The van der Waals surface area contributed by atoms with E-state index in [1.54, 1.807) is 0 Å². The van der Waals surface area contributed by atoms with Gasteiger partial charge in [-0.05, 0) is 18.3 Å². The molecule has 68 valence electrons. The molecule has 0 aliphatic heterocycles. The van der Waals surface area contributed by atoms with E-state index in [9.17, 15) is 10.1 Å². The number of thiocarbonyl (C=S) groups is 1. The molecule has 0 bridgehead atoms. The van der Waals surface area contributed by atoms with Gasteiger partial charge in [0.15, 0.2) is 5.11 Å². The molecule has 0 fully saturated rings. The quantitative estimate of drug-likeness (QED) is 0.411. The highest BCUT2D eigenvalue weighted by molar-refractivity contribution is 7.80. The lowest BCUT2D eigenvalue weighted by atomic mass is 10.4. The van der Waals surface area contributed by atoms with E-state index in [4.69, 9.17) is 5.73 Å². The molecule has 1 aromatic rings. The smallest absolute Gasteiger partial charge is 0.311 e. The Morgan fingerprint density at radius 2 is 2.46 bits per heavy atom. The summed E-state index contributed by atoms with van der Waals surface area (Å²) in [4.78, 5) is 13.6. The lowest BCUT2D eigenvalue weighted by Gasteiger charge is -2.01. The van der Waals surface area contributed by atoms with Gasteiger partial charge in [-0.15, -0.1) is 0 Å². The molecule has 0 saturated carbocycles. The van der Waals surface area contributed by atoms with Crippen molar-refractivity contribution in [3.8, 4) is 0 Å². The van der Waals surface area contributed by atoms with E-state index < -0.39 is 4.92 Å². The van der Waals surface area contributed by atoms with Crippen LogP contribution >= 0.6 is 12.2 Å². The zero-order chi connectivity index (χ0) is 9.84. The van der Waals surface area contributed by atoms with Gasteiger partial charge >= 0.3 is 5.69 Å². The van der Waals surface area contributed by atoms with Gasteiger partial charge in [-0.1, -0.05) is 0 Å². The Bertz CT molecular complexity index is 354. The standard InChI is InChI=1S/C6H6N4O2S/c7-6(13)9-5-4(10(11)12)2-1-3-8-5/h1-3H,(H3,7,8,9,13). The molecule has 1 heterocycles. The molecule has 0 aromatic carbocycles. The first-order valence-corrected chi connectivity index (χ1v) is 3.68. The molecular formula is C6H6N4O2S. The summed E-state index contributed by atoms with van der Waals surface area (Å²) in [6, 6.07) is 2.77. The number of nitrogens with zero attached hydrogens (tertiary/aromatic N) is 2. The molecule has 3 N–H and O–H groups in total. The number of anilines is 1. The number of hydrogen-bond donors (Lipinski definition) is 2. The second-order valence-electron chi connectivity index (χ2n) is 2.12. The third-order valence-electron chi connectivity index (χ3n) is 1.22. The Kier molecular flexibility index (Phi) is 2.70. The van der Waals surface area contributed by atoms with E-state index in [1.807, 2.05) is 0 Å². The van der Waals surface area contributed by atoms with Crippen LogP contribution in [0.4, 0.5) is 11.5 Å². The highest BCUT2D eigenvalue weighted by Crippen LogP contribution is 2.19. The van der Waals surface area contributed by atoms with Crippen LogP contribution in [0.5, 0.6) is 0 Å². The SMILES string of the molecule is NC(=S)Nc1ncccc1[N+](=O)[O-]. The fourth-order valence-corrected chi connectivity index (χ4v) is 0.854. The summed E-state index contributed by atoms with van der Waals surface area (Å²) >= 11 is 4.53. The highest BCUT2D eigenvalue weighted by atomic mass is 32.1. The maximum atomic E-state index is 10.4. The van der Waals surface area contributed by atoms with Crippen molar-refractivity contribution in [1.29, 1.82) is 0 Å². The van der Waals surface area contributed by atoms with Crippen molar-refractivity contribution in [3.63, 3.8) is 0 Å². The van der Waals surface area contributed by atoms with Crippen molar-refractivity contribution in [2.45, 2.75) is 0 Å². The van der Waals surface area contributed by atoms with Crippen LogP contribution in [0.1, 0.15) is 0 Å². The van der Waals surface area contributed by atoms with Crippen LogP contribution in [0, 0.1) is 10.1 Å². The number of nitro groups is 1. The molecule has 0 amide bonds. The molecule has 1 aromatic heterocycles. The molecule has 0 aliphatic carbocycles. The predicted molar refractivity (Wildman–Crippen MR) is 51.3 cm³/mol. The molecule has 0 radical (unpaired) electrons. The van der Waals surface area contributed by atoms with Gasteiger partial charge in [0, 0.05) is 12.3 Å². The minimum atomic E-state index is -0.562. The van der Waals surface area contributed by atoms with Gasteiger partial charge in [0.2, 0.25) is 5.82 Å². The normalized spacial score (nSPS) is 9.23. The zero-order valence-corrected chi connectivity index (χ0v) is 7.25. The zero-order valence-electron chi connectivity index (χ0n) is 6.43. The Balaban J connectivity index is 3.04. The van der Waals surface area contributed by atoms with Gasteiger partial charge in [0.1, 0.15) is 0 Å². The molecular weight excluding hydrogens is 192 g/mol. The molecule has 6 nitrogen and oxygen atoms in total. The second kappa shape index (κ2) is 3.76. The monoisotopic (exact) mass is 198 g/mol. The first-order chi connectivity index (χ1) is 6.11. The van der Waals surface area contributed by atoms with E-state index in [-0.39, 0.29) is 16.6 Å². The number of pyridine rings is 1. The van der Waals surface area contributed by atoms with Crippen molar-refractivity contribution in [1.82, 2.24) is 4.98 Å². The minimum Gasteiger partial charge on any atom is -0.376 e. The number of nitrogens with two attached hydrogens (primary N) is 1. The van der Waals surface area contributed by atoms with Crippen LogP contribution in [0.2, 0.25) is 0 Å². The molecule has 0 saturated heterocycles. The molecule has 0 atom stereocenters. The Morgan fingerprint density at radius 3 is 3.00 bits per heavy atom. The molecule has 13 heavy (non-hydrogen) atoms. The molecule has 0 spiro atoms. The average Bonchev–Trinajstić information content (AvgIpc) is 2.03. The Hall–Kier alpha value is -1.76.